The molecule has 8 heteroatoms. The Hall–Kier alpha value is -2.67. The van der Waals surface area contributed by atoms with Crippen LogP contribution in [-0.2, 0) is 25.7 Å². The monoisotopic (exact) mass is 473 g/mol. The van der Waals surface area contributed by atoms with Gasteiger partial charge in [-0.15, -0.1) is 0 Å². The number of fused-ring (bicyclic) bond motifs is 1. The molecule has 3 rings (SSSR count). The van der Waals surface area contributed by atoms with Crippen molar-refractivity contribution in [2.45, 2.75) is 52.6 Å². The van der Waals surface area contributed by atoms with Crippen molar-refractivity contribution < 1.29 is 19.2 Å². The molecule has 0 unspecified atom stereocenters. The van der Waals surface area contributed by atoms with Gasteiger partial charge in [0.2, 0.25) is 23.6 Å². The van der Waals surface area contributed by atoms with Crippen molar-refractivity contribution in [1.29, 1.82) is 0 Å². The van der Waals surface area contributed by atoms with E-state index in [1.165, 1.54) is 9.80 Å². The van der Waals surface area contributed by atoms with E-state index in [-0.39, 0.29) is 60.9 Å². The summed E-state index contributed by atoms with van der Waals surface area (Å²) in [5, 5.41) is 3.42. The van der Waals surface area contributed by atoms with Crippen LogP contribution in [0.25, 0.3) is 0 Å². The van der Waals surface area contributed by atoms with Crippen LogP contribution in [0.3, 0.4) is 0 Å². The maximum Gasteiger partial charge on any atom is 0.242 e. The molecular formula is C25H32ClN3O4. The number of carbonyl (C=O) groups excluding carboxylic acids is 4. The largest absolute Gasteiger partial charge is 0.354 e. The van der Waals surface area contributed by atoms with Gasteiger partial charge in [0.25, 0.3) is 0 Å². The number of nitrogens with one attached hydrogen (secondary N) is 1. The summed E-state index contributed by atoms with van der Waals surface area (Å²) in [4.78, 5) is 54.1. The molecule has 178 valence electrons. The van der Waals surface area contributed by atoms with Crippen molar-refractivity contribution in [3.63, 3.8) is 0 Å². The molecule has 0 bridgehead atoms. The minimum absolute atomic E-state index is 0.0237. The summed E-state index contributed by atoms with van der Waals surface area (Å²) in [6, 6.07) is 6.42. The van der Waals surface area contributed by atoms with Gasteiger partial charge >= 0.3 is 0 Å². The topological polar surface area (TPSA) is 86.8 Å². The van der Waals surface area contributed by atoms with E-state index in [1.54, 1.807) is 25.1 Å². The summed E-state index contributed by atoms with van der Waals surface area (Å²) in [6.45, 7) is 6.41. The Balaban J connectivity index is 1.71. The van der Waals surface area contributed by atoms with Gasteiger partial charge < -0.3 is 10.2 Å². The standard InChI is InChI=1S/C25H32ClN3O4/c1-16(2)14-27-23(31)17(3)29(15-18-7-6-8-19(26)13-18)22(30)11-12-28-24(32)20-9-4-5-10-21(20)25(28)33/h4-8,13,16-17,20-21H,9-12,14-15H2,1-3H3,(H,27,31)/t17-,20-,21+/m1/s1. The SMILES string of the molecule is CC(C)CNC(=O)[C@@H](C)N(Cc1cccc(Cl)c1)C(=O)CCN1C(=O)[C@H]2CC=CC[C@H]2C1=O. The first-order valence-corrected chi connectivity index (χ1v) is 11.9. The van der Waals surface area contributed by atoms with Crippen LogP contribution in [0.4, 0.5) is 0 Å². The molecule has 33 heavy (non-hydrogen) atoms. The highest BCUT2D eigenvalue weighted by Gasteiger charge is 2.47. The average Bonchev–Trinajstić information content (AvgIpc) is 3.03. The highest BCUT2D eigenvalue weighted by atomic mass is 35.5. The predicted molar refractivity (Wildman–Crippen MR) is 126 cm³/mol. The number of allylic oxidation sites excluding steroid dienone is 2. The van der Waals surface area contributed by atoms with Gasteiger partial charge in [-0.05, 0) is 43.4 Å². The van der Waals surface area contributed by atoms with Crippen molar-refractivity contribution in [1.82, 2.24) is 15.1 Å². The van der Waals surface area contributed by atoms with E-state index in [1.807, 2.05) is 32.1 Å². The molecule has 1 aromatic carbocycles. The first kappa shape index (κ1) is 25.0. The number of hydrogen-bond donors (Lipinski definition) is 1. The van der Waals surface area contributed by atoms with Crippen LogP contribution in [0.2, 0.25) is 5.02 Å². The Morgan fingerprint density at radius 2 is 1.76 bits per heavy atom. The number of hydrogen-bond acceptors (Lipinski definition) is 4. The van der Waals surface area contributed by atoms with Gasteiger partial charge in [-0.25, -0.2) is 0 Å². The van der Waals surface area contributed by atoms with Gasteiger partial charge in [0.05, 0.1) is 11.8 Å². The van der Waals surface area contributed by atoms with E-state index < -0.39 is 6.04 Å². The Bertz CT molecular complexity index is 919. The molecular weight excluding hydrogens is 442 g/mol. The van der Waals surface area contributed by atoms with Crippen LogP contribution in [0, 0.1) is 17.8 Å². The summed E-state index contributed by atoms with van der Waals surface area (Å²) in [7, 11) is 0. The molecule has 1 aromatic rings. The van der Waals surface area contributed by atoms with Crippen molar-refractivity contribution in [2.24, 2.45) is 17.8 Å². The second-order valence-corrected chi connectivity index (χ2v) is 9.64. The van der Waals surface area contributed by atoms with Gasteiger partial charge in [0, 0.05) is 31.1 Å². The summed E-state index contributed by atoms with van der Waals surface area (Å²) in [5.74, 6) is -1.30. The van der Waals surface area contributed by atoms with Gasteiger partial charge in [-0.3, -0.25) is 24.1 Å². The molecule has 0 aromatic heterocycles. The highest BCUT2D eigenvalue weighted by Crippen LogP contribution is 2.35. The zero-order valence-electron chi connectivity index (χ0n) is 19.4. The maximum atomic E-state index is 13.3. The van der Waals surface area contributed by atoms with Crippen LogP contribution in [-0.4, -0.2) is 52.6 Å². The number of imide groups is 1. The lowest BCUT2D eigenvalue weighted by molar-refractivity contribution is -0.143. The van der Waals surface area contributed by atoms with E-state index in [0.29, 0.717) is 24.4 Å². The van der Waals surface area contributed by atoms with E-state index in [2.05, 4.69) is 5.32 Å². The molecule has 7 nitrogen and oxygen atoms in total. The fourth-order valence-electron chi connectivity index (χ4n) is 4.31. The molecule has 1 N–H and O–H groups in total. The number of likely N-dealkylation sites (tertiary alicyclic amines) is 1. The first-order chi connectivity index (χ1) is 15.7. The Labute approximate surface area is 200 Å². The lowest BCUT2D eigenvalue weighted by Crippen LogP contribution is -2.49. The van der Waals surface area contributed by atoms with Gasteiger partial charge in [-0.2, -0.15) is 0 Å². The molecule has 0 radical (unpaired) electrons. The predicted octanol–water partition coefficient (Wildman–Crippen LogP) is 3.17. The van der Waals surface area contributed by atoms with Crippen LogP contribution in [0.5, 0.6) is 0 Å². The fourth-order valence-corrected chi connectivity index (χ4v) is 4.52. The van der Waals surface area contributed by atoms with Crippen molar-refractivity contribution in [3.8, 4) is 0 Å². The summed E-state index contributed by atoms with van der Waals surface area (Å²) < 4.78 is 0. The molecule has 0 spiro atoms. The van der Waals surface area contributed by atoms with Crippen LogP contribution in [0.15, 0.2) is 36.4 Å². The summed E-state index contributed by atoms with van der Waals surface area (Å²) >= 11 is 6.10. The minimum atomic E-state index is -0.716. The average molecular weight is 474 g/mol. The Morgan fingerprint density at radius 3 is 2.33 bits per heavy atom. The normalized spacial score (nSPS) is 20.7. The fraction of sp³-hybridized carbons (Fsp3) is 0.520. The third-order valence-electron chi connectivity index (χ3n) is 6.24. The molecule has 2 aliphatic rings. The molecule has 3 atom stereocenters. The maximum absolute atomic E-state index is 13.3. The van der Waals surface area contributed by atoms with E-state index in [4.69, 9.17) is 11.6 Å². The number of carbonyl (C=O) groups is 4. The molecule has 1 aliphatic carbocycles. The van der Waals surface area contributed by atoms with Gasteiger partial charge in [-0.1, -0.05) is 49.7 Å². The third kappa shape index (κ3) is 6.02. The number of amides is 4. The third-order valence-corrected chi connectivity index (χ3v) is 6.48. The van der Waals surface area contributed by atoms with E-state index in [9.17, 15) is 19.2 Å². The molecule has 1 saturated heterocycles. The van der Waals surface area contributed by atoms with Crippen molar-refractivity contribution in [2.75, 3.05) is 13.1 Å². The second kappa shape index (κ2) is 11.0. The van der Waals surface area contributed by atoms with Gasteiger partial charge in [0.1, 0.15) is 6.04 Å². The van der Waals surface area contributed by atoms with Crippen molar-refractivity contribution >= 4 is 35.2 Å². The Kier molecular flexibility index (Phi) is 8.30. The van der Waals surface area contributed by atoms with E-state index in [0.717, 1.165) is 5.56 Å². The summed E-state index contributed by atoms with van der Waals surface area (Å²) in [5.41, 5.74) is 0.796. The quantitative estimate of drug-likeness (QED) is 0.441. The lowest BCUT2D eigenvalue weighted by atomic mass is 9.85. The minimum Gasteiger partial charge on any atom is -0.354 e. The van der Waals surface area contributed by atoms with Crippen LogP contribution < -0.4 is 5.32 Å². The number of rotatable bonds is 9. The zero-order valence-corrected chi connectivity index (χ0v) is 20.2. The number of benzene rings is 1. The molecule has 4 amide bonds. The zero-order chi connectivity index (χ0) is 24.1. The smallest absolute Gasteiger partial charge is 0.242 e. The second-order valence-electron chi connectivity index (χ2n) is 9.20. The number of nitrogens with zero attached hydrogens (tertiary/aromatic N) is 2. The molecule has 1 fully saturated rings. The van der Waals surface area contributed by atoms with Crippen LogP contribution in [0.1, 0.15) is 45.6 Å². The highest BCUT2D eigenvalue weighted by molar-refractivity contribution is 6.30. The molecule has 1 heterocycles. The first-order valence-electron chi connectivity index (χ1n) is 11.5. The molecule has 1 aliphatic heterocycles. The van der Waals surface area contributed by atoms with Crippen molar-refractivity contribution in [3.05, 3.63) is 47.0 Å². The van der Waals surface area contributed by atoms with Crippen LogP contribution >= 0.6 is 11.6 Å². The lowest BCUT2D eigenvalue weighted by Gasteiger charge is -2.29. The summed E-state index contributed by atoms with van der Waals surface area (Å²) in [6.07, 6.45) is 4.96. The van der Waals surface area contributed by atoms with Gasteiger partial charge in [0.15, 0.2) is 0 Å². The van der Waals surface area contributed by atoms with E-state index >= 15 is 0 Å². The Morgan fingerprint density at radius 1 is 1.12 bits per heavy atom. The number of halogens is 1. The molecule has 0 saturated carbocycles.